The minimum absolute atomic E-state index is 0.110. The first kappa shape index (κ1) is 14.8. The van der Waals surface area contributed by atoms with Crippen LogP contribution < -0.4 is 5.73 Å². The van der Waals surface area contributed by atoms with Gasteiger partial charge in [0.05, 0.1) is 6.10 Å². The van der Waals surface area contributed by atoms with Crippen LogP contribution in [-0.4, -0.2) is 47.7 Å². The van der Waals surface area contributed by atoms with E-state index in [0.29, 0.717) is 25.9 Å². The van der Waals surface area contributed by atoms with E-state index in [4.69, 9.17) is 15.7 Å². The Hall–Kier alpha value is -1.30. The molecule has 0 aliphatic carbocycles. The molecule has 0 saturated carbocycles. The standard InChI is InChI=1S/C12H23N3O3/c1-2-15(8-7-11(13)14-17)12(16)6-5-10-4-3-9-18-10/h10,17H,2-9H2,1H3,(H2,13,14). The monoisotopic (exact) mass is 257 g/mol. The number of nitrogens with zero attached hydrogens (tertiary/aromatic N) is 2. The van der Waals surface area contributed by atoms with Gasteiger partial charge < -0.3 is 20.6 Å². The molecular formula is C12H23N3O3. The molecule has 1 atom stereocenters. The molecule has 1 fully saturated rings. The second kappa shape index (κ2) is 7.92. The molecule has 0 aromatic heterocycles. The van der Waals surface area contributed by atoms with Crippen LogP contribution >= 0.6 is 0 Å². The van der Waals surface area contributed by atoms with Gasteiger partial charge in [-0.3, -0.25) is 4.79 Å². The maximum Gasteiger partial charge on any atom is 0.222 e. The molecule has 3 N–H and O–H groups in total. The van der Waals surface area contributed by atoms with Gasteiger partial charge in [-0.15, -0.1) is 0 Å². The highest BCUT2D eigenvalue weighted by atomic mass is 16.5. The number of rotatable bonds is 7. The number of amidine groups is 1. The third kappa shape index (κ3) is 4.91. The fraction of sp³-hybridized carbons (Fsp3) is 0.833. The van der Waals surface area contributed by atoms with Crippen molar-refractivity contribution in [2.75, 3.05) is 19.7 Å². The van der Waals surface area contributed by atoms with Gasteiger partial charge in [0, 0.05) is 32.5 Å². The highest BCUT2D eigenvalue weighted by Gasteiger charge is 2.19. The fourth-order valence-corrected chi connectivity index (χ4v) is 2.07. The van der Waals surface area contributed by atoms with Crippen LogP contribution in [0.2, 0.25) is 0 Å². The number of amides is 1. The van der Waals surface area contributed by atoms with Crippen molar-refractivity contribution < 1.29 is 14.7 Å². The van der Waals surface area contributed by atoms with Crippen molar-refractivity contribution in [1.82, 2.24) is 4.90 Å². The van der Waals surface area contributed by atoms with Gasteiger partial charge in [-0.25, -0.2) is 0 Å². The third-order valence-electron chi connectivity index (χ3n) is 3.20. The van der Waals surface area contributed by atoms with E-state index in [-0.39, 0.29) is 17.8 Å². The summed E-state index contributed by atoms with van der Waals surface area (Å²) in [5, 5.41) is 11.3. The van der Waals surface area contributed by atoms with E-state index in [9.17, 15) is 4.79 Å². The van der Waals surface area contributed by atoms with E-state index in [1.165, 1.54) is 0 Å². The van der Waals surface area contributed by atoms with Crippen LogP contribution in [0, 0.1) is 0 Å². The van der Waals surface area contributed by atoms with Gasteiger partial charge in [-0.05, 0) is 26.2 Å². The molecule has 1 rings (SSSR count). The van der Waals surface area contributed by atoms with Gasteiger partial charge in [0.25, 0.3) is 0 Å². The molecular weight excluding hydrogens is 234 g/mol. The Kier molecular flexibility index (Phi) is 6.49. The molecule has 1 aliphatic rings. The van der Waals surface area contributed by atoms with Gasteiger partial charge in [0.2, 0.25) is 5.91 Å². The average Bonchev–Trinajstić information content (AvgIpc) is 2.89. The Morgan fingerprint density at radius 3 is 2.89 bits per heavy atom. The summed E-state index contributed by atoms with van der Waals surface area (Å²) in [5.74, 6) is 0.263. The first-order chi connectivity index (χ1) is 8.67. The average molecular weight is 257 g/mol. The van der Waals surface area contributed by atoms with Gasteiger partial charge >= 0.3 is 0 Å². The molecule has 6 nitrogen and oxygen atoms in total. The molecule has 1 aliphatic heterocycles. The second-order valence-corrected chi connectivity index (χ2v) is 4.49. The summed E-state index contributed by atoms with van der Waals surface area (Å²) in [6.07, 6.45) is 4.10. The number of ether oxygens (including phenoxy) is 1. The van der Waals surface area contributed by atoms with Crippen LogP contribution in [0.5, 0.6) is 0 Å². The fourth-order valence-electron chi connectivity index (χ4n) is 2.07. The lowest BCUT2D eigenvalue weighted by molar-refractivity contribution is -0.131. The zero-order chi connectivity index (χ0) is 13.4. The van der Waals surface area contributed by atoms with Crippen molar-refractivity contribution in [1.29, 1.82) is 0 Å². The van der Waals surface area contributed by atoms with E-state index in [0.717, 1.165) is 25.9 Å². The van der Waals surface area contributed by atoms with Crippen LogP contribution in [0.1, 0.15) is 39.0 Å². The summed E-state index contributed by atoms with van der Waals surface area (Å²) in [6.45, 7) is 3.88. The quantitative estimate of drug-likeness (QED) is 0.307. The highest BCUT2D eigenvalue weighted by molar-refractivity contribution is 5.81. The molecule has 18 heavy (non-hydrogen) atoms. The summed E-state index contributed by atoms with van der Waals surface area (Å²) in [7, 11) is 0. The van der Waals surface area contributed by atoms with Crippen molar-refractivity contribution in [3.8, 4) is 0 Å². The summed E-state index contributed by atoms with van der Waals surface area (Å²) in [5.41, 5.74) is 5.39. The summed E-state index contributed by atoms with van der Waals surface area (Å²) >= 11 is 0. The number of hydrogen-bond acceptors (Lipinski definition) is 4. The van der Waals surface area contributed by atoms with Crippen LogP contribution in [0.25, 0.3) is 0 Å². The SMILES string of the molecule is CCN(CCC(N)=NO)C(=O)CCC1CCCO1. The smallest absolute Gasteiger partial charge is 0.222 e. The number of hydrogen-bond donors (Lipinski definition) is 2. The lowest BCUT2D eigenvalue weighted by Gasteiger charge is -2.21. The molecule has 0 bridgehead atoms. The van der Waals surface area contributed by atoms with Gasteiger partial charge in [0.15, 0.2) is 0 Å². The van der Waals surface area contributed by atoms with Crippen LogP contribution in [-0.2, 0) is 9.53 Å². The summed E-state index contributed by atoms with van der Waals surface area (Å²) in [6, 6.07) is 0. The number of nitrogens with two attached hydrogens (primary N) is 1. The number of carbonyl (C=O) groups excluding carboxylic acids is 1. The minimum Gasteiger partial charge on any atom is -0.409 e. The van der Waals surface area contributed by atoms with E-state index < -0.39 is 0 Å². The molecule has 6 heteroatoms. The minimum atomic E-state index is 0.110. The molecule has 0 aromatic rings. The Balaban J connectivity index is 2.27. The van der Waals surface area contributed by atoms with Gasteiger partial charge in [-0.1, -0.05) is 5.16 Å². The van der Waals surface area contributed by atoms with E-state index >= 15 is 0 Å². The van der Waals surface area contributed by atoms with Crippen molar-refractivity contribution in [3.63, 3.8) is 0 Å². The highest BCUT2D eigenvalue weighted by Crippen LogP contribution is 2.17. The van der Waals surface area contributed by atoms with Gasteiger partial charge in [-0.2, -0.15) is 0 Å². The van der Waals surface area contributed by atoms with Crippen LogP contribution in [0.3, 0.4) is 0 Å². The molecule has 1 unspecified atom stereocenters. The molecule has 0 aromatic carbocycles. The molecule has 0 spiro atoms. The van der Waals surface area contributed by atoms with E-state index in [1.807, 2.05) is 6.92 Å². The van der Waals surface area contributed by atoms with Gasteiger partial charge in [0.1, 0.15) is 5.84 Å². The van der Waals surface area contributed by atoms with Crippen molar-refractivity contribution in [2.45, 2.75) is 45.1 Å². The third-order valence-corrected chi connectivity index (χ3v) is 3.20. The maximum atomic E-state index is 12.0. The Labute approximate surface area is 108 Å². The molecule has 1 amide bonds. The zero-order valence-corrected chi connectivity index (χ0v) is 11.0. The lowest BCUT2D eigenvalue weighted by atomic mass is 10.1. The van der Waals surface area contributed by atoms with Crippen LogP contribution in [0.4, 0.5) is 0 Å². The molecule has 1 saturated heterocycles. The molecule has 104 valence electrons. The Bertz CT molecular complexity index is 288. The topological polar surface area (TPSA) is 88.1 Å². The van der Waals surface area contributed by atoms with Crippen LogP contribution in [0.15, 0.2) is 5.16 Å². The van der Waals surface area contributed by atoms with Crippen molar-refractivity contribution >= 4 is 11.7 Å². The lowest BCUT2D eigenvalue weighted by Crippen LogP contribution is -2.34. The summed E-state index contributed by atoms with van der Waals surface area (Å²) < 4.78 is 5.49. The van der Waals surface area contributed by atoms with Crippen molar-refractivity contribution in [3.05, 3.63) is 0 Å². The molecule has 1 heterocycles. The normalized spacial score (nSPS) is 20.1. The number of oxime groups is 1. The first-order valence-corrected chi connectivity index (χ1v) is 6.53. The largest absolute Gasteiger partial charge is 0.409 e. The maximum absolute atomic E-state index is 12.0. The van der Waals surface area contributed by atoms with E-state index in [2.05, 4.69) is 5.16 Å². The van der Waals surface area contributed by atoms with E-state index in [1.54, 1.807) is 4.90 Å². The predicted octanol–water partition coefficient (Wildman–Crippen LogP) is 0.931. The Morgan fingerprint density at radius 1 is 1.56 bits per heavy atom. The zero-order valence-electron chi connectivity index (χ0n) is 11.0. The number of carbonyl (C=O) groups is 1. The first-order valence-electron chi connectivity index (χ1n) is 6.53. The Morgan fingerprint density at radius 2 is 2.33 bits per heavy atom. The van der Waals surface area contributed by atoms with Crippen molar-refractivity contribution in [2.24, 2.45) is 10.9 Å². The second-order valence-electron chi connectivity index (χ2n) is 4.49. The predicted molar refractivity (Wildman–Crippen MR) is 68.5 cm³/mol. The molecule has 0 radical (unpaired) electrons. The summed E-state index contributed by atoms with van der Waals surface area (Å²) in [4.78, 5) is 13.7.